The lowest BCUT2D eigenvalue weighted by Gasteiger charge is -2.25. The minimum Gasteiger partial charge on any atom is -0.388 e. The summed E-state index contributed by atoms with van der Waals surface area (Å²) in [7, 11) is 0. The van der Waals surface area contributed by atoms with E-state index in [4.69, 9.17) is 0 Å². The topological polar surface area (TPSA) is 98.8 Å². The summed E-state index contributed by atoms with van der Waals surface area (Å²) < 4.78 is 0. The van der Waals surface area contributed by atoms with Gasteiger partial charge in [0.2, 0.25) is 5.95 Å². The number of rotatable bonds is 8. The zero-order valence-corrected chi connectivity index (χ0v) is 12.9. The van der Waals surface area contributed by atoms with Crippen molar-refractivity contribution >= 4 is 22.8 Å². The number of aromatic amines is 1. The summed E-state index contributed by atoms with van der Waals surface area (Å²) in [5.41, 5.74) is -0.0412. The molecule has 0 aromatic carbocycles. The van der Waals surface area contributed by atoms with Crippen LogP contribution in [0.25, 0.3) is 11.0 Å². The summed E-state index contributed by atoms with van der Waals surface area (Å²) in [6.45, 7) is 7.31. The summed E-state index contributed by atoms with van der Waals surface area (Å²) in [6, 6.07) is 0. The molecule has 0 spiro atoms. The molecule has 0 aliphatic heterocycles. The molecule has 116 valence electrons. The third-order valence-corrected chi connectivity index (χ3v) is 3.74. The Kier molecular flexibility index (Phi) is 4.95. The first-order chi connectivity index (χ1) is 10.1. The van der Waals surface area contributed by atoms with Gasteiger partial charge in [-0.25, -0.2) is 0 Å². The van der Waals surface area contributed by atoms with Crippen LogP contribution in [0.5, 0.6) is 0 Å². The van der Waals surface area contributed by atoms with Crippen molar-refractivity contribution in [3.63, 3.8) is 0 Å². The molecule has 0 unspecified atom stereocenters. The van der Waals surface area contributed by atoms with Crippen molar-refractivity contribution in [2.75, 3.05) is 23.7 Å². The van der Waals surface area contributed by atoms with E-state index in [2.05, 4.69) is 37.7 Å². The molecule has 21 heavy (non-hydrogen) atoms. The maximum absolute atomic E-state index is 10.4. The molecular formula is C14H24N6O. The van der Waals surface area contributed by atoms with Gasteiger partial charge in [-0.05, 0) is 19.3 Å². The van der Waals surface area contributed by atoms with Gasteiger partial charge in [-0.2, -0.15) is 15.1 Å². The Hall–Kier alpha value is -1.89. The van der Waals surface area contributed by atoms with Gasteiger partial charge in [0.05, 0.1) is 17.2 Å². The second-order valence-corrected chi connectivity index (χ2v) is 5.24. The first-order valence-corrected chi connectivity index (χ1v) is 7.53. The molecule has 0 saturated heterocycles. The van der Waals surface area contributed by atoms with Crippen LogP contribution in [0.15, 0.2) is 6.20 Å². The van der Waals surface area contributed by atoms with Crippen LogP contribution < -0.4 is 10.6 Å². The van der Waals surface area contributed by atoms with Crippen molar-refractivity contribution in [2.45, 2.75) is 45.6 Å². The van der Waals surface area contributed by atoms with Gasteiger partial charge in [0.1, 0.15) is 5.82 Å². The third kappa shape index (κ3) is 3.60. The predicted molar refractivity (Wildman–Crippen MR) is 84.5 cm³/mol. The first kappa shape index (κ1) is 15.5. The molecule has 0 bridgehead atoms. The van der Waals surface area contributed by atoms with E-state index in [1.54, 1.807) is 6.20 Å². The molecule has 0 radical (unpaired) electrons. The van der Waals surface area contributed by atoms with Gasteiger partial charge < -0.3 is 15.7 Å². The smallest absolute Gasteiger partial charge is 0.226 e. The van der Waals surface area contributed by atoms with Crippen molar-refractivity contribution < 1.29 is 5.11 Å². The molecule has 2 heterocycles. The number of hydrogen-bond acceptors (Lipinski definition) is 6. The lowest BCUT2D eigenvalue weighted by molar-refractivity contribution is 0.0456. The van der Waals surface area contributed by atoms with E-state index in [1.807, 2.05) is 13.8 Å². The van der Waals surface area contributed by atoms with Gasteiger partial charge >= 0.3 is 0 Å². The standard InChI is InChI=1S/C14H24N6O/c1-4-7-15-13-18-11(10-8-17-20-12(10)19-13)16-9-14(21,5-2)6-3/h8,21H,4-7,9H2,1-3H3,(H3,15,16,17,18,19,20). The highest BCUT2D eigenvalue weighted by Gasteiger charge is 2.22. The van der Waals surface area contributed by atoms with Crippen LogP contribution in [-0.4, -0.2) is 44.0 Å². The predicted octanol–water partition coefficient (Wildman–Crippen LogP) is 2.14. The van der Waals surface area contributed by atoms with Crippen LogP contribution in [0.2, 0.25) is 0 Å². The Morgan fingerprint density at radius 3 is 2.62 bits per heavy atom. The molecule has 2 aromatic heterocycles. The zero-order valence-electron chi connectivity index (χ0n) is 12.9. The molecule has 0 atom stereocenters. The largest absolute Gasteiger partial charge is 0.388 e. The van der Waals surface area contributed by atoms with Crippen LogP contribution in [0.3, 0.4) is 0 Å². The van der Waals surface area contributed by atoms with Gasteiger partial charge in [-0.15, -0.1) is 0 Å². The van der Waals surface area contributed by atoms with Gasteiger partial charge in [-0.1, -0.05) is 20.8 Å². The Morgan fingerprint density at radius 2 is 1.95 bits per heavy atom. The summed E-state index contributed by atoms with van der Waals surface area (Å²) in [4.78, 5) is 8.85. The number of aromatic nitrogens is 4. The highest BCUT2D eigenvalue weighted by molar-refractivity contribution is 5.86. The number of fused-ring (bicyclic) bond motifs is 1. The number of nitrogens with zero attached hydrogens (tertiary/aromatic N) is 3. The molecule has 0 aliphatic carbocycles. The maximum Gasteiger partial charge on any atom is 0.226 e. The fourth-order valence-electron chi connectivity index (χ4n) is 2.03. The zero-order chi connectivity index (χ0) is 15.3. The van der Waals surface area contributed by atoms with Crippen molar-refractivity contribution in [1.29, 1.82) is 0 Å². The second-order valence-electron chi connectivity index (χ2n) is 5.24. The van der Waals surface area contributed by atoms with E-state index >= 15 is 0 Å². The molecule has 0 saturated carbocycles. The monoisotopic (exact) mass is 292 g/mol. The molecule has 4 N–H and O–H groups in total. The number of nitrogens with one attached hydrogen (secondary N) is 3. The minimum atomic E-state index is -0.724. The van der Waals surface area contributed by atoms with Crippen molar-refractivity contribution in [2.24, 2.45) is 0 Å². The van der Waals surface area contributed by atoms with E-state index in [9.17, 15) is 5.11 Å². The lowest BCUT2D eigenvalue weighted by atomic mass is 9.98. The van der Waals surface area contributed by atoms with Crippen molar-refractivity contribution in [3.05, 3.63) is 6.20 Å². The van der Waals surface area contributed by atoms with Gasteiger partial charge in [-0.3, -0.25) is 5.10 Å². The number of anilines is 2. The highest BCUT2D eigenvalue weighted by Crippen LogP contribution is 2.22. The third-order valence-electron chi connectivity index (χ3n) is 3.74. The molecule has 0 amide bonds. The van der Waals surface area contributed by atoms with Gasteiger partial charge in [0, 0.05) is 13.1 Å². The Balaban J connectivity index is 2.22. The van der Waals surface area contributed by atoms with E-state index in [1.165, 1.54) is 0 Å². The average Bonchev–Trinajstić information content (AvgIpc) is 2.98. The fraction of sp³-hybridized carbons (Fsp3) is 0.643. The molecule has 7 heteroatoms. The van der Waals surface area contributed by atoms with E-state index in [-0.39, 0.29) is 0 Å². The second kappa shape index (κ2) is 6.71. The molecular weight excluding hydrogens is 268 g/mol. The van der Waals surface area contributed by atoms with E-state index in [0.29, 0.717) is 36.8 Å². The van der Waals surface area contributed by atoms with Crippen LogP contribution in [0.1, 0.15) is 40.0 Å². The molecule has 2 aromatic rings. The van der Waals surface area contributed by atoms with Gasteiger partial charge in [0.15, 0.2) is 5.65 Å². The SMILES string of the molecule is CCCNc1nc(NCC(O)(CC)CC)c2cn[nH]c2n1. The van der Waals surface area contributed by atoms with Crippen LogP contribution in [0.4, 0.5) is 11.8 Å². The van der Waals surface area contributed by atoms with E-state index < -0.39 is 5.60 Å². The average molecular weight is 292 g/mol. The normalized spacial score (nSPS) is 11.8. The Morgan fingerprint density at radius 1 is 1.19 bits per heavy atom. The first-order valence-electron chi connectivity index (χ1n) is 7.53. The summed E-state index contributed by atoms with van der Waals surface area (Å²) in [6.07, 6.45) is 4.07. The number of H-pyrrole nitrogens is 1. The Bertz CT molecular complexity index is 578. The number of hydrogen-bond donors (Lipinski definition) is 4. The summed E-state index contributed by atoms with van der Waals surface area (Å²) in [5.74, 6) is 1.25. The molecule has 7 nitrogen and oxygen atoms in total. The molecule has 0 fully saturated rings. The van der Waals surface area contributed by atoms with Gasteiger partial charge in [0.25, 0.3) is 0 Å². The highest BCUT2D eigenvalue weighted by atomic mass is 16.3. The fourth-order valence-corrected chi connectivity index (χ4v) is 2.03. The number of aliphatic hydroxyl groups is 1. The molecule has 0 aliphatic rings. The van der Waals surface area contributed by atoms with Crippen molar-refractivity contribution in [1.82, 2.24) is 20.2 Å². The van der Waals surface area contributed by atoms with Crippen LogP contribution in [0, 0.1) is 0 Å². The van der Waals surface area contributed by atoms with Crippen molar-refractivity contribution in [3.8, 4) is 0 Å². The molecule has 2 rings (SSSR count). The summed E-state index contributed by atoms with van der Waals surface area (Å²) in [5, 5.41) is 24.5. The van der Waals surface area contributed by atoms with Crippen LogP contribution in [-0.2, 0) is 0 Å². The maximum atomic E-state index is 10.4. The minimum absolute atomic E-state index is 0.449. The quantitative estimate of drug-likeness (QED) is 0.595. The lowest BCUT2D eigenvalue weighted by Crippen LogP contribution is -2.35. The Labute approximate surface area is 124 Å². The van der Waals surface area contributed by atoms with E-state index in [0.717, 1.165) is 18.4 Å². The van der Waals surface area contributed by atoms with Crippen LogP contribution >= 0.6 is 0 Å². The summed E-state index contributed by atoms with van der Waals surface area (Å²) >= 11 is 0.